The molecule has 5 nitrogen and oxygen atoms in total. The van der Waals surface area contributed by atoms with Crippen LogP contribution in [0.3, 0.4) is 0 Å². The lowest BCUT2D eigenvalue weighted by molar-refractivity contribution is -0.119. The molecular weight excluding hydrogens is 406 g/mol. The number of rotatable bonds is 3. The molecule has 1 aliphatic heterocycles. The molecule has 0 saturated carbocycles. The first-order valence-electron chi connectivity index (χ1n) is 11.0. The van der Waals surface area contributed by atoms with Gasteiger partial charge in [0, 0.05) is 35.0 Å². The summed E-state index contributed by atoms with van der Waals surface area (Å²) < 4.78 is 0. The van der Waals surface area contributed by atoms with Crippen molar-refractivity contribution in [3.8, 4) is 0 Å². The minimum atomic E-state index is -0.257. The second-order valence-electron chi connectivity index (χ2n) is 8.90. The Morgan fingerprint density at radius 3 is 3.00 bits per heavy atom. The predicted molar refractivity (Wildman–Crippen MR) is 124 cm³/mol. The summed E-state index contributed by atoms with van der Waals surface area (Å²) in [4.78, 5) is 40.0. The van der Waals surface area contributed by atoms with Gasteiger partial charge in [-0.25, -0.2) is 4.98 Å². The van der Waals surface area contributed by atoms with Crippen LogP contribution in [-0.4, -0.2) is 22.0 Å². The molecule has 0 aromatic carbocycles. The van der Waals surface area contributed by atoms with Crippen molar-refractivity contribution in [1.82, 2.24) is 9.97 Å². The number of carbonyl (C=O) groups excluding carboxylic acids is 1. The molecule has 6 rings (SSSR count). The number of fused-ring (bicyclic) bond motifs is 3. The highest BCUT2D eigenvalue weighted by atomic mass is 32.1. The Morgan fingerprint density at radius 1 is 1.16 bits per heavy atom. The van der Waals surface area contributed by atoms with Crippen LogP contribution in [0.25, 0.3) is 10.2 Å². The monoisotopic (exact) mass is 429 g/mol. The Morgan fingerprint density at radius 2 is 2.06 bits per heavy atom. The van der Waals surface area contributed by atoms with E-state index in [0.29, 0.717) is 18.7 Å². The lowest BCUT2D eigenvalue weighted by Crippen LogP contribution is -2.36. The standard InChI is InChI=1S/C25H23N3O2S/c29-19-11-17-14-26-13-16-5-3-4-10-25(16,17)12-15(19)8-9-21-27-23(30)22-18-6-1-2-7-20(18)31-24(22)28-21/h3-5,10-11,13-15H,1-2,6-9,12H2,(H,27,28,30). The third kappa shape index (κ3) is 2.96. The first-order chi connectivity index (χ1) is 15.1. The summed E-state index contributed by atoms with van der Waals surface area (Å²) in [6.45, 7) is 0. The molecule has 2 aromatic heterocycles. The smallest absolute Gasteiger partial charge is 0.259 e. The Hall–Kier alpha value is -2.86. The average Bonchev–Trinajstić information content (AvgIpc) is 3.15. The van der Waals surface area contributed by atoms with Crippen LogP contribution in [0.1, 0.15) is 41.9 Å². The van der Waals surface area contributed by atoms with Crippen LogP contribution in [0.2, 0.25) is 0 Å². The summed E-state index contributed by atoms with van der Waals surface area (Å²) in [6.07, 6.45) is 20.2. The summed E-state index contributed by atoms with van der Waals surface area (Å²) in [5.41, 5.74) is 3.04. The number of thiophene rings is 1. The van der Waals surface area contributed by atoms with Crippen LogP contribution in [0, 0.1) is 11.3 Å². The summed E-state index contributed by atoms with van der Waals surface area (Å²) in [7, 11) is 0. The molecule has 0 radical (unpaired) electrons. The number of aromatic amines is 1. The molecule has 0 fully saturated rings. The molecule has 156 valence electrons. The molecule has 31 heavy (non-hydrogen) atoms. The van der Waals surface area contributed by atoms with Crippen molar-refractivity contribution in [1.29, 1.82) is 0 Å². The summed E-state index contributed by atoms with van der Waals surface area (Å²) in [5.74, 6) is 0.731. The number of nitrogens with zero attached hydrogens (tertiary/aromatic N) is 2. The van der Waals surface area contributed by atoms with Gasteiger partial charge in [-0.05, 0) is 61.3 Å². The molecule has 2 unspecified atom stereocenters. The molecular formula is C25H23N3O2S. The number of allylic oxidation sites excluding steroid dienone is 7. The van der Waals surface area contributed by atoms with Crippen molar-refractivity contribution in [3.63, 3.8) is 0 Å². The lowest BCUT2D eigenvalue weighted by Gasteiger charge is -2.41. The van der Waals surface area contributed by atoms with E-state index in [2.05, 4.69) is 28.2 Å². The van der Waals surface area contributed by atoms with E-state index in [1.165, 1.54) is 16.9 Å². The Bertz CT molecular complexity index is 1320. The third-order valence-corrected chi connectivity index (χ3v) is 8.28. The van der Waals surface area contributed by atoms with Crippen LogP contribution in [0.5, 0.6) is 0 Å². The van der Waals surface area contributed by atoms with Gasteiger partial charge in [0.2, 0.25) is 0 Å². The van der Waals surface area contributed by atoms with Gasteiger partial charge in [0.1, 0.15) is 10.7 Å². The maximum Gasteiger partial charge on any atom is 0.259 e. The number of aryl methyl sites for hydroxylation is 3. The summed E-state index contributed by atoms with van der Waals surface area (Å²) >= 11 is 1.67. The van der Waals surface area contributed by atoms with Crippen molar-refractivity contribution >= 4 is 33.6 Å². The average molecular weight is 430 g/mol. The number of aliphatic imine (C=N–C) groups is 1. The highest BCUT2D eigenvalue weighted by molar-refractivity contribution is 7.18. The molecule has 1 N–H and O–H groups in total. The summed E-state index contributed by atoms with van der Waals surface area (Å²) in [5, 5.41) is 0.791. The van der Waals surface area contributed by atoms with Gasteiger partial charge in [-0.15, -0.1) is 11.3 Å². The molecule has 4 aliphatic rings. The molecule has 6 heteroatoms. The van der Waals surface area contributed by atoms with Crippen molar-refractivity contribution in [3.05, 3.63) is 74.3 Å². The first kappa shape index (κ1) is 18.9. The summed E-state index contributed by atoms with van der Waals surface area (Å²) in [6, 6.07) is 0. The van der Waals surface area contributed by atoms with Crippen molar-refractivity contribution in [2.45, 2.75) is 44.9 Å². The molecule has 3 heterocycles. The second-order valence-corrected chi connectivity index (χ2v) is 9.98. The van der Waals surface area contributed by atoms with Crippen molar-refractivity contribution < 1.29 is 4.79 Å². The van der Waals surface area contributed by atoms with Crippen LogP contribution < -0.4 is 5.56 Å². The van der Waals surface area contributed by atoms with Crippen LogP contribution >= 0.6 is 11.3 Å². The molecule has 0 saturated heterocycles. The van der Waals surface area contributed by atoms with Gasteiger partial charge in [0.25, 0.3) is 5.56 Å². The zero-order chi connectivity index (χ0) is 21.0. The van der Waals surface area contributed by atoms with E-state index in [9.17, 15) is 9.59 Å². The van der Waals surface area contributed by atoms with E-state index in [0.717, 1.165) is 47.0 Å². The van der Waals surface area contributed by atoms with E-state index in [4.69, 9.17) is 4.98 Å². The Kier molecular flexibility index (Phi) is 4.32. The van der Waals surface area contributed by atoms with E-state index in [-0.39, 0.29) is 22.7 Å². The van der Waals surface area contributed by atoms with Gasteiger partial charge in [0.15, 0.2) is 5.78 Å². The van der Waals surface area contributed by atoms with E-state index < -0.39 is 0 Å². The fourth-order valence-electron chi connectivity index (χ4n) is 5.47. The molecule has 0 amide bonds. The maximum atomic E-state index is 12.9. The first-order valence-corrected chi connectivity index (χ1v) is 11.8. The highest BCUT2D eigenvalue weighted by Crippen LogP contribution is 2.49. The molecule has 3 aliphatic carbocycles. The van der Waals surface area contributed by atoms with Gasteiger partial charge in [-0.2, -0.15) is 0 Å². The van der Waals surface area contributed by atoms with Gasteiger partial charge < -0.3 is 4.98 Å². The van der Waals surface area contributed by atoms with Crippen molar-refractivity contribution in [2.24, 2.45) is 16.3 Å². The number of aromatic nitrogens is 2. The number of ketones is 1. The number of hydrogen-bond donors (Lipinski definition) is 1. The predicted octanol–water partition coefficient (Wildman–Crippen LogP) is 4.39. The second kappa shape index (κ2) is 7.09. The number of nitrogens with one attached hydrogen (secondary N) is 1. The fourth-order valence-corrected chi connectivity index (χ4v) is 6.75. The van der Waals surface area contributed by atoms with Gasteiger partial charge >= 0.3 is 0 Å². The van der Waals surface area contributed by atoms with Gasteiger partial charge in [0.05, 0.1) is 5.39 Å². The zero-order valence-corrected chi connectivity index (χ0v) is 18.0. The third-order valence-electron chi connectivity index (χ3n) is 7.10. The molecule has 2 atom stereocenters. The largest absolute Gasteiger partial charge is 0.310 e. The van der Waals surface area contributed by atoms with E-state index in [1.54, 1.807) is 17.4 Å². The van der Waals surface area contributed by atoms with Gasteiger partial charge in [-0.1, -0.05) is 24.3 Å². The minimum Gasteiger partial charge on any atom is -0.310 e. The van der Waals surface area contributed by atoms with E-state index >= 15 is 0 Å². The van der Waals surface area contributed by atoms with Crippen LogP contribution in [0.15, 0.2) is 57.5 Å². The number of hydrogen-bond acceptors (Lipinski definition) is 5. The van der Waals surface area contributed by atoms with E-state index in [1.807, 2.05) is 18.5 Å². The normalized spacial score (nSPS) is 26.3. The Balaban J connectivity index is 1.27. The number of carbonyl (C=O) groups is 1. The van der Waals surface area contributed by atoms with Gasteiger partial charge in [-0.3, -0.25) is 14.6 Å². The molecule has 0 bridgehead atoms. The topological polar surface area (TPSA) is 75.2 Å². The molecule has 1 spiro atoms. The number of H-pyrrole nitrogens is 1. The quantitative estimate of drug-likeness (QED) is 0.786. The maximum absolute atomic E-state index is 12.9. The fraction of sp³-hybridized carbons (Fsp3) is 0.360. The Labute approximate surface area is 184 Å². The van der Waals surface area contributed by atoms with Crippen LogP contribution in [-0.2, 0) is 24.1 Å². The van der Waals surface area contributed by atoms with Crippen molar-refractivity contribution in [2.75, 3.05) is 0 Å². The highest BCUT2D eigenvalue weighted by Gasteiger charge is 2.43. The zero-order valence-electron chi connectivity index (χ0n) is 17.2. The lowest BCUT2D eigenvalue weighted by atomic mass is 9.62. The van der Waals surface area contributed by atoms with Crippen LogP contribution in [0.4, 0.5) is 0 Å². The SMILES string of the molecule is O=C1C=C2C=NC=C3C=CC=CC32CC1CCc1nc2sc3c(c2c(=O)[nH]1)CCCC3. The molecule has 2 aromatic rings. The minimum absolute atomic E-state index is 0.0239.